The van der Waals surface area contributed by atoms with E-state index in [1.54, 1.807) is 0 Å². The summed E-state index contributed by atoms with van der Waals surface area (Å²) in [5, 5.41) is 21.7. The summed E-state index contributed by atoms with van der Waals surface area (Å²) in [5.74, 6) is 1.36. The van der Waals surface area contributed by atoms with Crippen LogP contribution in [0.15, 0.2) is 42.5 Å². The zero-order valence-corrected chi connectivity index (χ0v) is 14.7. The van der Waals surface area contributed by atoms with Gasteiger partial charge in [-0.2, -0.15) is 0 Å². The normalized spacial score (nSPS) is 16.6. The maximum absolute atomic E-state index is 9.42. The van der Waals surface area contributed by atoms with E-state index in [1.165, 1.54) is 29.5 Å². The first-order valence-corrected chi connectivity index (χ1v) is 9.01. The van der Waals surface area contributed by atoms with E-state index in [1.807, 2.05) is 18.2 Å². The molecular formula is C21H27NO3. The summed E-state index contributed by atoms with van der Waals surface area (Å²) in [7, 11) is 0. The summed E-state index contributed by atoms with van der Waals surface area (Å²) < 4.78 is 5.56. The van der Waals surface area contributed by atoms with E-state index < -0.39 is 6.10 Å². The van der Waals surface area contributed by atoms with E-state index in [2.05, 4.69) is 36.5 Å². The lowest BCUT2D eigenvalue weighted by Crippen LogP contribution is -2.26. The second kappa shape index (κ2) is 8.48. The van der Waals surface area contributed by atoms with Crippen molar-refractivity contribution in [1.29, 1.82) is 0 Å². The molecule has 0 spiro atoms. The average Bonchev–Trinajstić information content (AvgIpc) is 2.67. The van der Waals surface area contributed by atoms with Gasteiger partial charge in [0.05, 0.1) is 6.61 Å². The molecule has 2 aromatic rings. The minimum Gasteiger partial charge on any atom is -0.491 e. The van der Waals surface area contributed by atoms with Crippen LogP contribution in [-0.4, -0.2) is 42.6 Å². The van der Waals surface area contributed by atoms with Crippen LogP contribution >= 0.6 is 0 Å². The number of benzene rings is 2. The van der Waals surface area contributed by atoms with E-state index in [-0.39, 0.29) is 13.2 Å². The predicted octanol–water partition coefficient (Wildman–Crippen LogP) is 2.86. The Morgan fingerprint density at radius 3 is 2.68 bits per heavy atom. The van der Waals surface area contributed by atoms with Crippen molar-refractivity contribution in [3.63, 3.8) is 0 Å². The predicted molar refractivity (Wildman–Crippen MR) is 100 cm³/mol. The zero-order chi connectivity index (χ0) is 17.6. The highest BCUT2D eigenvalue weighted by Crippen LogP contribution is 2.31. The van der Waals surface area contributed by atoms with Gasteiger partial charge in [0.2, 0.25) is 0 Å². The molecular weight excluding hydrogens is 314 g/mol. The number of aliphatic hydroxyl groups excluding tert-OH is 2. The standard InChI is InChI=1S/C21H27NO3/c1-15-11-17(16-7-9-22-10-8-16)5-6-21(15)18-3-2-4-20(12-18)25-14-19(24)13-23/h2-6,11-12,16,19,22-24H,7-10,13-14H2,1H3/t19-/m1/s1. The third-order valence-corrected chi connectivity index (χ3v) is 4.86. The molecule has 1 fully saturated rings. The third kappa shape index (κ3) is 4.60. The summed E-state index contributed by atoms with van der Waals surface area (Å²) in [5.41, 5.74) is 5.00. The summed E-state index contributed by atoms with van der Waals surface area (Å²) in [6, 6.07) is 14.6. The van der Waals surface area contributed by atoms with Crippen molar-refractivity contribution >= 4 is 0 Å². The van der Waals surface area contributed by atoms with Crippen LogP contribution in [0.1, 0.15) is 29.9 Å². The molecule has 0 unspecified atom stereocenters. The molecule has 1 saturated heterocycles. The SMILES string of the molecule is Cc1cc(C2CCNCC2)ccc1-c1cccc(OC[C@H](O)CO)c1. The fraction of sp³-hybridized carbons (Fsp3) is 0.429. The number of aliphatic hydroxyl groups is 2. The highest BCUT2D eigenvalue weighted by molar-refractivity contribution is 5.69. The summed E-state index contributed by atoms with van der Waals surface area (Å²) in [6.45, 7) is 4.16. The average molecular weight is 341 g/mol. The van der Waals surface area contributed by atoms with Gasteiger partial charge in [-0.05, 0) is 73.2 Å². The molecule has 2 aromatic carbocycles. The molecule has 0 aliphatic carbocycles. The van der Waals surface area contributed by atoms with Crippen molar-refractivity contribution in [3.8, 4) is 16.9 Å². The Kier molecular flexibility index (Phi) is 6.08. The Hall–Kier alpha value is -1.88. The lowest BCUT2D eigenvalue weighted by molar-refractivity contribution is 0.0536. The van der Waals surface area contributed by atoms with Gasteiger partial charge in [0.15, 0.2) is 0 Å². The van der Waals surface area contributed by atoms with Crippen LogP contribution < -0.4 is 10.1 Å². The van der Waals surface area contributed by atoms with E-state index in [0.29, 0.717) is 11.7 Å². The minimum absolute atomic E-state index is 0.0909. The largest absolute Gasteiger partial charge is 0.491 e. The molecule has 0 aromatic heterocycles. The fourth-order valence-corrected chi connectivity index (χ4v) is 3.42. The molecule has 1 aliphatic heterocycles. The summed E-state index contributed by atoms with van der Waals surface area (Å²) in [6.07, 6.45) is 1.56. The summed E-state index contributed by atoms with van der Waals surface area (Å²) in [4.78, 5) is 0. The second-order valence-corrected chi connectivity index (χ2v) is 6.77. The second-order valence-electron chi connectivity index (χ2n) is 6.77. The van der Waals surface area contributed by atoms with Crippen LogP contribution in [0.4, 0.5) is 0 Å². The van der Waals surface area contributed by atoms with Crippen molar-refractivity contribution in [3.05, 3.63) is 53.6 Å². The highest BCUT2D eigenvalue weighted by Gasteiger charge is 2.16. The van der Waals surface area contributed by atoms with Crippen molar-refractivity contribution in [2.75, 3.05) is 26.3 Å². The molecule has 0 amide bonds. The van der Waals surface area contributed by atoms with Crippen LogP contribution in [0.2, 0.25) is 0 Å². The smallest absolute Gasteiger partial charge is 0.120 e. The van der Waals surface area contributed by atoms with Crippen LogP contribution in [-0.2, 0) is 0 Å². The van der Waals surface area contributed by atoms with Crippen LogP contribution in [0.3, 0.4) is 0 Å². The van der Waals surface area contributed by atoms with Gasteiger partial charge in [-0.3, -0.25) is 0 Å². The van der Waals surface area contributed by atoms with Crippen LogP contribution in [0.5, 0.6) is 5.75 Å². The van der Waals surface area contributed by atoms with Crippen molar-refractivity contribution in [2.45, 2.75) is 31.8 Å². The number of piperidine rings is 1. The number of ether oxygens (including phenoxy) is 1. The Morgan fingerprint density at radius 1 is 1.16 bits per heavy atom. The molecule has 1 heterocycles. The van der Waals surface area contributed by atoms with Crippen LogP contribution in [0, 0.1) is 6.92 Å². The number of hydrogen-bond acceptors (Lipinski definition) is 4. The van der Waals surface area contributed by atoms with Gasteiger partial charge in [-0.15, -0.1) is 0 Å². The molecule has 0 radical (unpaired) electrons. The Balaban J connectivity index is 1.77. The molecule has 1 atom stereocenters. The molecule has 1 aliphatic rings. The van der Waals surface area contributed by atoms with Gasteiger partial charge in [0.25, 0.3) is 0 Å². The Bertz CT molecular complexity index is 695. The Labute approximate surface area is 149 Å². The van der Waals surface area contributed by atoms with Gasteiger partial charge >= 0.3 is 0 Å². The monoisotopic (exact) mass is 341 g/mol. The van der Waals surface area contributed by atoms with E-state index in [9.17, 15) is 5.11 Å². The highest BCUT2D eigenvalue weighted by atomic mass is 16.5. The molecule has 0 bridgehead atoms. The maximum Gasteiger partial charge on any atom is 0.120 e. The molecule has 3 N–H and O–H groups in total. The first-order chi connectivity index (χ1) is 12.2. The zero-order valence-electron chi connectivity index (χ0n) is 14.7. The van der Waals surface area contributed by atoms with Crippen LogP contribution in [0.25, 0.3) is 11.1 Å². The minimum atomic E-state index is -0.852. The van der Waals surface area contributed by atoms with Gasteiger partial charge in [-0.1, -0.05) is 30.3 Å². The lowest BCUT2D eigenvalue weighted by Gasteiger charge is -2.23. The fourth-order valence-electron chi connectivity index (χ4n) is 3.42. The van der Waals surface area contributed by atoms with Crippen molar-refractivity contribution in [2.24, 2.45) is 0 Å². The molecule has 3 rings (SSSR count). The number of hydrogen-bond donors (Lipinski definition) is 3. The van der Waals surface area contributed by atoms with Gasteiger partial charge in [0, 0.05) is 0 Å². The number of aryl methyl sites for hydroxylation is 1. The maximum atomic E-state index is 9.42. The van der Waals surface area contributed by atoms with Gasteiger partial charge in [0.1, 0.15) is 18.5 Å². The van der Waals surface area contributed by atoms with Crippen molar-refractivity contribution in [1.82, 2.24) is 5.32 Å². The quantitative estimate of drug-likeness (QED) is 0.756. The number of rotatable bonds is 6. The van der Waals surface area contributed by atoms with E-state index in [4.69, 9.17) is 9.84 Å². The lowest BCUT2D eigenvalue weighted by atomic mass is 9.87. The molecule has 4 heteroatoms. The number of nitrogens with one attached hydrogen (secondary N) is 1. The van der Waals surface area contributed by atoms with E-state index in [0.717, 1.165) is 18.7 Å². The molecule has 0 saturated carbocycles. The topological polar surface area (TPSA) is 61.7 Å². The van der Waals surface area contributed by atoms with Gasteiger partial charge in [-0.25, -0.2) is 0 Å². The first-order valence-electron chi connectivity index (χ1n) is 9.01. The molecule has 25 heavy (non-hydrogen) atoms. The van der Waals surface area contributed by atoms with Gasteiger partial charge < -0.3 is 20.3 Å². The summed E-state index contributed by atoms with van der Waals surface area (Å²) >= 11 is 0. The molecule has 134 valence electrons. The third-order valence-electron chi connectivity index (χ3n) is 4.86. The van der Waals surface area contributed by atoms with Crippen molar-refractivity contribution < 1.29 is 14.9 Å². The van der Waals surface area contributed by atoms with E-state index >= 15 is 0 Å². The molecule has 4 nitrogen and oxygen atoms in total. The first kappa shape index (κ1) is 17.9. The Morgan fingerprint density at radius 2 is 1.96 bits per heavy atom.